The van der Waals surface area contributed by atoms with Crippen LogP contribution in [-0.2, 0) is 0 Å². The van der Waals surface area contributed by atoms with E-state index in [1.165, 1.54) is 0 Å². The molecule has 0 aromatic carbocycles. The number of nitrogens with two attached hydrogens (primary N) is 1. The van der Waals surface area contributed by atoms with E-state index in [1.54, 1.807) is 0 Å². The summed E-state index contributed by atoms with van der Waals surface area (Å²) >= 11 is 0. The van der Waals surface area contributed by atoms with Gasteiger partial charge >= 0.3 is 0 Å². The first kappa shape index (κ1) is 11.6. The molecule has 1 aromatic heterocycles. The van der Waals surface area contributed by atoms with Gasteiger partial charge < -0.3 is 10.6 Å². The molecule has 0 saturated carbocycles. The van der Waals surface area contributed by atoms with Crippen LogP contribution in [0.25, 0.3) is 0 Å². The molecule has 0 bridgehead atoms. The zero-order valence-electron chi connectivity index (χ0n) is 9.70. The van der Waals surface area contributed by atoms with Crippen LogP contribution in [0.2, 0.25) is 0 Å². The Balaban J connectivity index is 3.00. The van der Waals surface area contributed by atoms with Crippen LogP contribution in [0, 0.1) is 6.92 Å². The van der Waals surface area contributed by atoms with Crippen LogP contribution in [0.3, 0.4) is 0 Å². The highest BCUT2D eigenvalue weighted by atomic mass is 15.2. The predicted molar refractivity (Wildman–Crippen MR) is 66.1 cm³/mol. The van der Waals surface area contributed by atoms with Crippen molar-refractivity contribution in [2.24, 2.45) is 0 Å². The molecule has 0 amide bonds. The fourth-order valence-electron chi connectivity index (χ4n) is 1.43. The van der Waals surface area contributed by atoms with Gasteiger partial charge in [0.2, 0.25) is 0 Å². The first-order valence-corrected chi connectivity index (χ1v) is 5.17. The van der Waals surface area contributed by atoms with Gasteiger partial charge in [-0.1, -0.05) is 6.08 Å². The summed E-state index contributed by atoms with van der Waals surface area (Å²) in [6.45, 7) is 10.7. The van der Waals surface area contributed by atoms with Crippen molar-refractivity contribution in [3.05, 3.63) is 30.5 Å². The molecule has 1 heterocycles. The van der Waals surface area contributed by atoms with Crippen LogP contribution in [0.1, 0.15) is 19.5 Å². The second-order valence-electron chi connectivity index (χ2n) is 3.88. The molecule has 0 spiro atoms. The second kappa shape index (κ2) is 4.82. The summed E-state index contributed by atoms with van der Waals surface area (Å²) in [6, 6.07) is 4.25. The Morgan fingerprint density at radius 1 is 1.53 bits per heavy atom. The Bertz CT molecular complexity index is 345. The van der Waals surface area contributed by atoms with Gasteiger partial charge in [-0.25, -0.2) is 4.98 Å². The molecule has 0 saturated heterocycles. The first-order chi connectivity index (χ1) is 7.06. The van der Waals surface area contributed by atoms with Gasteiger partial charge in [-0.2, -0.15) is 0 Å². The monoisotopic (exact) mass is 205 g/mol. The van der Waals surface area contributed by atoms with E-state index in [4.69, 9.17) is 5.73 Å². The molecule has 1 rings (SSSR count). The summed E-state index contributed by atoms with van der Waals surface area (Å²) < 4.78 is 0. The van der Waals surface area contributed by atoms with Crippen molar-refractivity contribution in [3.63, 3.8) is 0 Å². The molecule has 0 fully saturated rings. The third-order valence-electron chi connectivity index (χ3n) is 2.36. The third kappa shape index (κ3) is 2.72. The molecule has 3 heteroatoms. The summed E-state index contributed by atoms with van der Waals surface area (Å²) in [4.78, 5) is 6.65. The number of nitrogen functional groups attached to an aromatic ring is 1. The van der Waals surface area contributed by atoms with E-state index in [2.05, 4.69) is 30.3 Å². The molecule has 3 nitrogen and oxygen atoms in total. The molecular formula is C12H19N3. The van der Waals surface area contributed by atoms with Crippen molar-refractivity contribution in [1.82, 2.24) is 4.98 Å². The van der Waals surface area contributed by atoms with E-state index in [-0.39, 0.29) is 0 Å². The maximum absolute atomic E-state index is 5.74. The highest BCUT2D eigenvalue weighted by Gasteiger charge is 2.10. The van der Waals surface area contributed by atoms with Crippen molar-refractivity contribution in [3.8, 4) is 0 Å². The SMILES string of the molecule is C=CCN(c1ccc(N)c(C)n1)C(C)C. The lowest BCUT2D eigenvalue weighted by Gasteiger charge is -2.26. The second-order valence-corrected chi connectivity index (χ2v) is 3.88. The summed E-state index contributed by atoms with van der Waals surface area (Å²) in [5, 5.41) is 0. The lowest BCUT2D eigenvalue weighted by atomic mass is 10.2. The summed E-state index contributed by atoms with van der Waals surface area (Å²) in [5.74, 6) is 0.955. The highest BCUT2D eigenvalue weighted by Crippen LogP contribution is 2.17. The summed E-state index contributed by atoms with van der Waals surface area (Å²) in [6.07, 6.45) is 1.88. The molecule has 0 atom stereocenters. The van der Waals surface area contributed by atoms with E-state index in [1.807, 2.05) is 25.1 Å². The molecular weight excluding hydrogens is 186 g/mol. The zero-order valence-corrected chi connectivity index (χ0v) is 9.70. The molecule has 0 aliphatic heterocycles. The fraction of sp³-hybridized carbons (Fsp3) is 0.417. The van der Waals surface area contributed by atoms with Gasteiger partial charge in [0.1, 0.15) is 5.82 Å². The standard InChI is InChI=1S/C12H19N3/c1-5-8-15(9(2)3)12-7-6-11(13)10(4)14-12/h5-7,9H,1,8,13H2,2-4H3. The molecule has 15 heavy (non-hydrogen) atoms. The number of aryl methyl sites for hydroxylation is 1. The Kier molecular flexibility index (Phi) is 3.72. The lowest BCUT2D eigenvalue weighted by molar-refractivity contribution is 0.711. The largest absolute Gasteiger partial charge is 0.397 e. The van der Waals surface area contributed by atoms with E-state index < -0.39 is 0 Å². The van der Waals surface area contributed by atoms with E-state index in [0.717, 1.165) is 23.7 Å². The zero-order chi connectivity index (χ0) is 11.4. The van der Waals surface area contributed by atoms with Crippen LogP contribution in [0.4, 0.5) is 11.5 Å². The lowest BCUT2D eigenvalue weighted by Crippen LogP contribution is -2.31. The average molecular weight is 205 g/mol. The number of nitrogens with zero attached hydrogens (tertiary/aromatic N) is 2. The quantitative estimate of drug-likeness (QED) is 0.767. The minimum atomic E-state index is 0.401. The predicted octanol–water partition coefficient (Wildman–Crippen LogP) is 2.37. The Hall–Kier alpha value is -1.51. The van der Waals surface area contributed by atoms with E-state index in [9.17, 15) is 0 Å². The van der Waals surface area contributed by atoms with Gasteiger partial charge in [0.25, 0.3) is 0 Å². The van der Waals surface area contributed by atoms with Gasteiger partial charge in [-0.3, -0.25) is 0 Å². The van der Waals surface area contributed by atoms with Crippen LogP contribution >= 0.6 is 0 Å². The number of pyridine rings is 1. The van der Waals surface area contributed by atoms with Gasteiger partial charge in [0, 0.05) is 12.6 Å². The third-order valence-corrected chi connectivity index (χ3v) is 2.36. The fourth-order valence-corrected chi connectivity index (χ4v) is 1.43. The summed E-state index contributed by atoms with van der Waals surface area (Å²) in [5.41, 5.74) is 7.35. The highest BCUT2D eigenvalue weighted by molar-refractivity contribution is 5.51. The van der Waals surface area contributed by atoms with Gasteiger partial charge in [-0.15, -0.1) is 6.58 Å². The minimum absolute atomic E-state index is 0.401. The molecule has 2 N–H and O–H groups in total. The first-order valence-electron chi connectivity index (χ1n) is 5.17. The maximum atomic E-state index is 5.74. The van der Waals surface area contributed by atoms with Gasteiger partial charge in [0.15, 0.2) is 0 Å². The maximum Gasteiger partial charge on any atom is 0.129 e. The topological polar surface area (TPSA) is 42.1 Å². The van der Waals surface area contributed by atoms with Crippen LogP contribution in [-0.4, -0.2) is 17.6 Å². The van der Waals surface area contributed by atoms with Crippen molar-refractivity contribution >= 4 is 11.5 Å². The smallest absolute Gasteiger partial charge is 0.129 e. The molecule has 1 aromatic rings. The molecule has 0 unspecified atom stereocenters. The van der Waals surface area contributed by atoms with Crippen molar-refractivity contribution < 1.29 is 0 Å². The number of anilines is 2. The van der Waals surface area contributed by atoms with E-state index >= 15 is 0 Å². The van der Waals surface area contributed by atoms with Crippen LogP contribution in [0.5, 0.6) is 0 Å². The average Bonchev–Trinajstić information content (AvgIpc) is 2.18. The number of hydrogen-bond acceptors (Lipinski definition) is 3. The van der Waals surface area contributed by atoms with Gasteiger partial charge in [-0.05, 0) is 32.9 Å². The van der Waals surface area contributed by atoms with Crippen LogP contribution < -0.4 is 10.6 Å². The number of aromatic nitrogens is 1. The molecule has 0 aliphatic carbocycles. The van der Waals surface area contributed by atoms with Crippen molar-refractivity contribution in [2.75, 3.05) is 17.2 Å². The molecule has 82 valence electrons. The Morgan fingerprint density at radius 3 is 2.67 bits per heavy atom. The van der Waals surface area contributed by atoms with Gasteiger partial charge in [0.05, 0.1) is 11.4 Å². The Labute approximate surface area is 91.6 Å². The van der Waals surface area contributed by atoms with Crippen molar-refractivity contribution in [1.29, 1.82) is 0 Å². The summed E-state index contributed by atoms with van der Waals surface area (Å²) in [7, 11) is 0. The number of rotatable bonds is 4. The van der Waals surface area contributed by atoms with Crippen LogP contribution in [0.15, 0.2) is 24.8 Å². The normalized spacial score (nSPS) is 10.4. The van der Waals surface area contributed by atoms with Crippen molar-refractivity contribution in [2.45, 2.75) is 26.8 Å². The minimum Gasteiger partial charge on any atom is -0.397 e. The molecule has 0 aliphatic rings. The number of hydrogen-bond donors (Lipinski definition) is 1. The Morgan fingerprint density at radius 2 is 2.20 bits per heavy atom. The van der Waals surface area contributed by atoms with E-state index in [0.29, 0.717) is 6.04 Å². The molecule has 0 radical (unpaired) electrons.